The molecule has 0 fully saturated rings. The number of benzene rings is 1. The average molecular weight is 246 g/mol. The van der Waals surface area contributed by atoms with Crippen molar-refractivity contribution in [3.63, 3.8) is 0 Å². The molecule has 0 saturated carbocycles. The third-order valence-electron chi connectivity index (χ3n) is 2.61. The summed E-state index contributed by atoms with van der Waals surface area (Å²) >= 11 is 1.50. The SMILES string of the molecule is Cc1cccc(NC(=O)Nc2cccs2)c1C. The van der Waals surface area contributed by atoms with Crippen LogP contribution in [-0.4, -0.2) is 6.03 Å². The van der Waals surface area contributed by atoms with Gasteiger partial charge in [-0.2, -0.15) is 0 Å². The number of hydrogen-bond acceptors (Lipinski definition) is 2. The summed E-state index contributed by atoms with van der Waals surface area (Å²) < 4.78 is 0. The number of anilines is 2. The highest BCUT2D eigenvalue weighted by Gasteiger charge is 2.06. The minimum atomic E-state index is -0.207. The zero-order valence-electron chi connectivity index (χ0n) is 9.78. The number of carbonyl (C=O) groups is 1. The van der Waals surface area contributed by atoms with Crippen LogP contribution >= 0.6 is 11.3 Å². The fourth-order valence-corrected chi connectivity index (χ4v) is 2.11. The van der Waals surface area contributed by atoms with E-state index in [1.54, 1.807) is 0 Å². The van der Waals surface area contributed by atoms with E-state index in [1.165, 1.54) is 16.9 Å². The largest absolute Gasteiger partial charge is 0.324 e. The van der Waals surface area contributed by atoms with Crippen molar-refractivity contribution in [2.75, 3.05) is 10.6 Å². The van der Waals surface area contributed by atoms with Crippen LogP contribution in [-0.2, 0) is 0 Å². The van der Waals surface area contributed by atoms with Crippen LogP contribution in [0.2, 0.25) is 0 Å². The van der Waals surface area contributed by atoms with E-state index in [2.05, 4.69) is 10.6 Å². The van der Waals surface area contributed by atoms with E-state index >= 15 is 0 Å². The molecule has 1 aromatic carbocycles. The zero-order chi connectivity index (χ0) is 12.3. The fraction of sp³-hybridized carbons (Fsp3) is 0.154. The Labute approximate surface area is 104 Å². The molecule has 2 N–H and O–H groups in total. The number of aryl methyl sites for hydroxylation is 1. The van der Waals surface area contributed by atoms with Gasteiger partial charge >= 0.3 is 6.03 Å². The first-order valence-corrected chi connectivity index (χ1v) is 6.22. The Morgan fingerprint density at radius 1 is 1.12 bits per heavy atom. The first-order valence-electron chi connectivity index (χ1n) is 5.34. The Balaban J connectivity index is 2.06. The Morgan fingerprint density at radius 3 is 2.65 bits per heavy atom. The summed E-state index contributed by atoms with van der Waals surface area (Å²) in [6.45, 7) is 4.02. The molecule has 0 aliphatic carbocycles. The van der Waals surface area contributed by atoms with E-state index in [9.17, 15) is 4.79 Å². The maximum absolute atomic E-state index is 11.7. The molecule has 0 saturated heterocycles. The Kier molecular flexibility index (Phi) is 3.44. The molecule has 88 valence electrons. The van der Waals surface area contributed by atoms with Gasteiger partial charge in [-0.25, -0.2) is 4.79 Å². The molecule has 4 heteroatoms. The highest BCUT2D eigenvalue weighted by atomic mass is 32.1. The number of hydrogen-bond donors (Lipinski definition) is 2. The van der Waals surface area contributed by atoms with Gasteiger partial charge in [0, 0.05) is 5.69 Å². The Bertz CT molecular complexity index is 520. The van der Waals surface area contributed by atoms with Gasteiger partial charge < -0.3 is 5.32 Å². The van der Waals surface area contributed by atoms with Gasteiger partial charge in [0.15, 0.2) is 0 Å². The molecule has 3 nitrogen and oxygen atoms in total. The van der Waals surface area contributed by atoms with Gasteiger partial charge in [0.25, 0.3) is 0 Å². The van der Waals surface area contributed by atoms with E-state index in [4.69, 9.17) is 0 Å². The third kappa shape index (κ3) is 2.85. The number of carbonyl (C=O) groups excluding carboxylic acids is 1. The minimum absolute atomic E-state index is 0.207. The van der Waals surface area contributed by atoms with E-state index in [-0.39, 0.29) is 6.03 Å². The van der Waals surface area contributed by atoms with Crippen LogP contribution in [0.3, 0.4) is 0 Å². The molecule has 1 aromatic heterocycles. The normalized spacial score (nSPS) is 10.0. The summed E-state index contributed by atoms with van der Waals surface area (Å²) in [4.78, 5) is 11.7. The van der Waals surface area contributed by atoms with Crippen molar-refractivity contribution in [3.05, 3.63) is 46.8 Å². The number of urea groups is 1. The highest BCUT2D eigenvalue weighted by Crippen LogP contribution is 2.19. The quantitative estimate of drug-likeness (QED) is 0.826. The van der Waals surface area contributed by atoms with Crippen LogP contribution in [0, 0.1) is 13.8 Å². The smallest absolute Gasteiger partial charge is 0.307 e. The first kappa shape index (κ1) is 11.7. The summed E-state index contributed by atoms with van der Waals surface area (Å²) in [6, 6.07) is 9.42. The third-order valence-corrected chi connectivity index (χ3v) is 3.40. The standard InChI is InChI=1S/C13H14N2OS/c1-9-5-3-6-11(10(9)2)14-13(16)15-12-7-4-8-17-12/h3-8H,1-2H3,(H2,14,15,16). The topological polar surface area (TPSA) is 41.1 Å². The van der Waals surface area contributed by atoms with Gasteiger partial charge in [0.2, 0.25) is 0 Å². The lowest BCUT2D eigenvalue weighted by atomic mass is 10.1. The summed E-state index contributed by atoms with van der Waals surface area (Å²) in [6.07, 6.45) is 0. The number of thiophene rings is 1. The molecule has 2 rings (SSSR count). The minimum Gasteiger partial charge on any atom is -0.307 e. The highest BCUT2D eigenvalue weighted by molar-refractivity contribution is 7.14. The van der Waals surface area contributed by atoms with Gasteiger partial charge in [0.1, 0.15) is 0 Å². The van der Waals surface area contributed by atoms with Crippen LogP contribution in [0.1, 0.15) is 11.1 Å². The molecule has 0 atom stereocenters. The van der Waals surface area contributed by atoms with Gasteiger partial charge in [-0.1, -0.05) is 12.1 Å². The van der Waals surface area contributed by atoms with Crippen molar-refractivity contribution in [1.82, 2.24) is 0 Å². The zero-order valence-corrected chi connectivity index (χ0v) is 10.6. The maximum atomic E-state index is 11.7. The summed E-state index contributed by atoms with van der Waals surface area (Å²) in [5.74, 6) is 0. The van der Waals surface area contributed by atoms with E-state index in [0.29, 0.717) is 0 Å². The monoisotopic (exact) mass is 246 g/mol. The molecule has 0 unspecified atom stereocenters. The van der Waals surface area contributed by atoms with Crippen LogP contribution in [0.25, 0.3) is 0 Å². The lowest BCUT2D eigenvalue weighted by Crippen LogP contribution is -2.19. The lowest BCUT2D eigenvalue weighted by Gasteiger charge is -2.10. The second-order valence-corrected chi connectivity index (χ2v) is 4.75. The summed E-state index contributed by atoms with van der Waals surface area (Å²) in [5.41, 5.74) is 3.10. The van der Waals surface area contributed by atoms with Crippen LogP contribution < -0.4 is 10.6 Å². The van der Waals surface area contributed by atoms with Crippen LogP contribution in [0.4, 0.5) is 15.5 Å². The molecule has 1 heterocycles. The number of amides is 2. The van der Waals surface area contributed by atoms with E-state index in [1.807, 2.05) is 49.6 Å². The van der Waals surface area contributed by atoms with E-state index < -0.39 is 0 Å². The molecule has 2 aromatic rings. The molecule has 0 aliphatic rings. The molecule has 0 spiro atoms. The Hall–Kier alpha value is -1.81. The van der Waals surface area contributed by atoms with Crippen molar-refractivity contribution in [2.24, 2.45) is 0 Å². The molecule has 0 radical (unpaired) electrons. The predicted molar refractivity (Wildman–Crippen MR) is 72.9 cm³/mol. The molecular formula is C13H14N2OS. The summed E-state index contributed by atoms with van der Waals surface area (Å²) in [5, 5.41) is 8.40. The van der Waals surface area contributed by atoms with Gasteiger partial charge in [-0.05, 0) is 48.6 Å². The summed E-state index contributed by atoms with van der Waals surface area (Å²) in [7, 11) is 0. The van der Waals surface area contributed by atoms with Crippen molar-refractivity contribution in [3.8, 4) is 0 Å². The maximum Gasteiger partial charge on any atom is 0.324 e. The number of nitrogens with one attached hydrogen (secondary N) is 2. The second kappa shape index (κ2) is 5.01. The average Bonchev–Trinajstić information content (AvgIpc) is 2.77. The molecule has 17 heavy (non-hydrogen) atoms. The molecule has 2 amide bonds. The molecule has 0 aliphatic heterocycles. The van der Waals surface area contributed by atoms with E-state index in [0.717, 1.165) is 16.3 Å². The van der Waals surface area contributed by atoms with Gasteiger partial charge in [-0.3, -0.25) is 5.32 Å². The first-order chi connectivity index (χ1) is 8.16. The lowest BCUT2D eigenvalue weighted by molar-refractivity contribution is 0.262. The number of rotatable bonds is 2. The van der Waals surface area contributed by atoms with Gasteiger partial charge in [-0.15, -0.1) is 11.3 Å². The fourth-order valence-electron chi connectivity index (χ4n) is 1.50. The van der Waals surface area contributed by atoms with Crippen molar-refractivity contribution in [1.29, 1.82) is 0 Å². The van der Waals surface area contributed by atoms with Crippen molar-refractivity contribution in [2.45, 2.75) is 13.8 Å². The van der Waals surface area contributed by atoms with Crippen LogP contribution in [0.5, 0.6) is 0 Å². The van der Waals surface area contributed by atoms with Crippen molar-refractivity contribution < 1.29 is 4.79 Å². The van der Waals surface area contributed by atoms with Gasteiger partial charge in [0.05, 0.1) is 5.00 Å². The van der Waals surface area contributed by atoms with Crippen LogP contribution in [0.15, 0.2) is 35.7 Å². The van der Waals surface area contributed by atoms with Crippen molar-refractivity contribution >= 4 is 28.1 Å². The molecular weight excluding hydrogens is 232 g/mol. The predicted octanol–water partition coefficient (Wildman–Crippen LogP) is 4.01. The second-order valence-electron chi connectivity index (χ2n) is 3.80. The molecule has 0 bridgehead atoms. The Morgan fingerprint density at radius 2 is 1.94 bits per heavy atom.